The first kappa shape index (κ1) is 27.1. The molecule has 5 rings (SSSR count). The molecule has 1 saturated heterocycles. The van der Waals surface area contributed by atoms with E-state index in [0.717, 1.165) is 43.2 Å². The van der Waals surface area contributed by atoms with E-state index in [-0.39, 0.29) is 9.77 Å². The molecule has 3 N–H and O–H groups in total. The number of rotatable bonds is 8. The van der Waals surface area contributed by atoms with Crippen molar-refractivity contribution in [1.29, 1.82) is 0 Å². The van der Waals surface area contributed by atoms with Gasteiger partial charge in [0.25, 0.3) is 15.6 Å². The molecule has 3 heterocycles. The van der Waals surface area contributed by atoms with Crippen LogP contribution in [0.1, 0.15) is 18.7 Å². The molecule has 2 amide bonds. The molecule has 0 radical (unpaired) electrons. The van der Waals surface area contributed by atoms with Crippen LogP contribution in [-0.2, 0) is 10.0 Å². The van der Waals surface area contributed by atoms with Crippen molar-refractivity contribution in [2.75, 3.05) is 36.8 Å². The Kier molecular flexibility index (Phi) is 7.89. The number of fused-ring (bicyclic) bond motifs is 1. The summed E-state index contributed by atoms with van der Waals surface area (Å²) < 4.78 is 28.3. The highest BCUT2D eigenvalue weighted by Crippen LogP contribution is 2.25. The molecular weight excluding hydrogens is 560 g/mol. The van der Waals surface area contributed by atoms with Crippen LogP contribution in [0.4, 0.5) is 16.2 Å². The molecule has 0 spiro atoms. The fourth-order valence-corrected chi connectivity index (χ4v) is 6.93. The van der Waals surface area contributed by atoms with Crippen LogP contribution in [0.5, 0.6) is 0 Å². The Morgan fingerprint density at radius 1 is 1.05 bits per heavy atom. The van der Waals surface area contributed by atoms with E-state index in [9.17, 15) is 18.0 Å². The Balaban J connectivity index is 1.28. The average Bonchev–Trinajstić information content (AvgIpc) is 3.57. The number of hydrogen-bond donors (Lipinski definition) is 3. The summed E-state index contributed by atoms with van der Waals surface area (Å²) in [5.41, 5.74) is 2.23. The first-order valence-corrected chi connectivity index (χ1v) is 15.1. The van der Waals surface area contributed by atoms with Crippen LogP contribution in [0.2, 0.25) is 4.34 Å². The van der Waals surface area contributed by atoms with Crippen molar-refractivity contribution in [3.63, 3.8) is 0 Å². The molecule has 0 aliphatic carbocycles. The zero-order valence-corrected chi connectivity index (χ0v) is 23.5. The number of sulfonamides is 1. The molecule has 1 aliphatic heterocycles. The summed E-state index contributed by atoms with van der Waals surface area (Å²) >= 11 is 6.64. The van der Waals surface area contributed by atoms with Crippen LogP contribution in [0, 0.1) is 6.92 Å². The van der Waals surface area contributed by atoms with Gasteiger partial charge in [-0.3, -0.25) is 9.36 Å². The predicted molar refractivity (Wildman–Crippen MR) is 155 cm³/mol. The van der Waals surface area contributed by atoms with Crippen LogP contribution in [0.25, 0.3) is 16.6 Å². The summed E-state index contributed by atoms with van der Waals surface area (Å²) in [5.74, 6) is 0.515. The van der Waals surface area contributed by atoms with E-state index in [1.807, 2.05) is 16.9 Å². The number of hydrogen-bond acceptors (Lipinski definition) is 8. The van der Waals surface area contributed by atoms with E-state index < -0.39 is 16.1 Å². The molecule has 1 fully saturated rings. The predicted octanol–water partition coefficient (Wildman–Crippen LogP) is 4.43. The van der Waals surface area contributed by atoms with Gasteiger partial charge in [0.2, 0.25) is 0 Å². The minimum atomic E-state index is -4.04. The van der Waals surface area contributed by atoms with Gasteiger partial charge >= 0.3 is 6.03 Å². The summed E-state index contributed by atoms with van der Waals surface area (Å²) in [6.07, 6.45) is 2.52. The van der Waals surface area contributed by atoms with Crippen molar-refractivity contribution < 1.29 is 13.2 Å². The first-order valence-electron chi connectivity index (χ1n) is 12.4. The topological polar surface area (TPSA) is 125 Å². The zero-order valence-electron chi connectivity index (χ0n) is 21.1. The van der Waals surface area contributed by atoms with Gasteiger partial charge in [0.1, 0.15) is 10.0 Å². The molecule has 204 valence electrons. The maximum absolute atomic E-state index is 13.3. The molecule has 0 atom stereocenters. The molecule has 2 aromatic carbocycles. The molecular formula is C26H27ClN6O4S2. The fourth-order valence-electron chi connectivity index (χ4n) is 4.54. The largest absolute Gasteiger partial charge is 0.384 e. The van der Waals surface area contributed by atoms with Gasteiger partial charge in [0, 0.05) is 24.5 Å². The van der Waals surface area contributed by atoms with Gasteiger partial charge < -0.3 is 15.5 Å². The Labute approximate surface area is 234 Å². The Morgan fingerprint density at radius 2 is 1.77 bits per heavy atom. The summed E-state index contributed by atoms with van der Waals surface area (Å²) in [5, 5.41) is 6.40. The number of aromatic nitrogens is 2. The molecule has 13 heteroatoms. The summed E-state index contributed by atoms with van der Waals surface area (Å²) in [6, 6.07) is 13.9. The number of nitrogens with zero attached hydrogens (tertiary/aromatic N) is 3. The first-order chi connectivity index (χ1) is 18.7. The number of likely N-dealkylation sites (tertiary alicyclic amines) is 1. The number of benzene rings is 2. The number of anilines is 2. The van der Waals surface area contributed by atoms with Gasteiger partial charge in [0.15, 0.2) is 0 Å². The monoisotopic (exact) mass is 586 g/mol. The normalized spacial score (nSPS) is 14.0. The van der Waals surface area contributed by atoms with E-state index in [4.69, 9.17) is 11.6 Å². The number of amides is 2. The summed E-state index contributed by atoms with van der Waals surface area (Å²) in [4.78, 5) is 32.7. The van der Waals surface area contributed by atoms with Gasteiger partial charge in [-0.25, -0.2) is 22.9 Å². The second kappa shape index (κ2) is 11.3. The highest BCUT2D eigenvalue weighted by atomic mass is 35.5. The van der Waals surface area contributed by atoms with Crippen LogP contribution >= 0.6 is 22.9 Å². The smallest absolute Gasteiger partial charge is 0.333 e. The number of nitrogens with one attached hydrogen (secondary N) is 3. The average molecular weight is 587 g/mol. The SMILES string of the molecule is Cc1nc2cc(NCCN3CCCC3)ccc2c(=O)n1-c1ccc(NC(=O)NS(=O)(=O)c2ccc(Cl)s2)cc1. The second-order valence-corrected chi connectivity index (χ2v) is 12.8. The third-order valence-electron chi connectivity index (χ3n) is 6.42. The van der Waals surface area contributed by atoms with Crippen LogP contribution in [-0.4, -0.2) is 55.1 Å². The lowest BCUT2D eigenvalue weighted by Crippen LogP contribution is -2.33. The van der Waals surface area contributed by atoms with Crippen molar-refractivity contribution in [3.8, 4) is 5.69 Å². The van der Waals surface area contributed by atoms with Crippen LogP contribution in [0.15, 0.2) is 63.6 Å². The third-order valence-corrected chi connectivity index (χ3v) is 9.47. The van der Waals surface area contributed by atoms with Gasteiger partial charge in [-0.2, -0.15) is 0 Å². The van der Waals surface area contributed by atoms with Gasteiger partial charge in [0.05, 0.1) is 20.9 Å². The lowest BCUT2D eigenvalue weighted by Gasteiger charge is -2.16. The number of thiophene rings is 1. The lowest BCUT2D eigenvalue weighted by molar-refractivity contribution is 0.256. The highest BCUT2D eigenvalue weighted by molar-refractivity contribution is 7.92. The molecule has 2 aromatic heterocycles. The maximum atomic E-state index is 13.3. The second-order valence-electron chi connectivity index (χ2n) is 9.17. The Hall–Kier alpha value is -3.45. The van der Waals surface area contributed by atoms with E-state index in [1.54, 1.807) is 37.3 Å². The van der Waals surface area contributed by atoms with E-state index >= 15 is 0 Å². The summed E-state index contributed by atoms with van der Waals surface area (Å²) in [6.45, 7) is 5.87. The molecule has 0 saturated carbocycles. The van der Waals surface area contributed by atoms with Crippen molar-refractivity contribution >= 4 is 61.3 Å². The lowest BCUT2D eigenvalue weighted by atomic mass is 10.2. The van der Waals surface area contributed by atoms with E-state index in [1.165, 1.54) is 29.5 Å². The fraction of sp³-hybridized carbons (Fsp3) is 0.269. The van der Waals surface area contributed by atoms with E-state index in [2.05, 4.69) is 20.5 Å². The summed E-state index contributed by atoms with van der Waals surface area (Å²) in [7, 11) is -4.04. The van der Waals surface area contributed by atoms with Crippen molar-refractivity contribution in [1.82, 2.24) is 19.2 Å². The van der Waals surface area contributed by atoms with Gasteiger partial charge in [-0.05, 0) is 87.5 Å². The number of halogens is 1. The molecule has 1 aliphatic rings. The van der Waals surface area contributed by atoms with Crippen molar-refractivity contribution in [2.45, 2.75) is 24.0 Å². The van der Waals surface area contributed by atoms with Crippen molar-refractivity contribution in [2.24, 2.45) is 0 Å². The number of carbonyl (C=O) groups is 1. The minimum absolute atomic E-state index is 0.0679. The number of aryl methyl sites for hydroxylation is 1. The quantitative estimate of drug-likeness (QED) is 0.279. The number of carbonyl (C=O) groups excluding carboxylic acids is 1. The maximum Gasteiger partial charge on any atom is 0.333 e. The molecule has 39 heavy (non-hydrogen) atoms. The van der Waals surface area contributed by atoms with Crippen LogP contribution in [0.3, 0.4) is 0 Å². The van der Waals surface area contributed by atoms with E-state index in [0.29, 0.717) is 32.4 Å². The molecule has 0 unspecified atom stereocenters. The van der Waals surface area contributed by atoms with Crippen LogP contribution < -0.4 is 20.9 Å². The molecule has 10 nitrogen and oxygen atoms in total. The zero-order chi connectivity index (χ0) is 27.6. The minimum Gasteiger partial charge on any atom is -0.384 e. The molecule has 4 aromatic rings. The standard InChI is InChI=1S/C26H27ClN6O4S2/c1-17-29-22-16-19(28-12-15-32-13-2-3-14-32)6-9-21(22)25(34)33(17)20-7-4-18(5-8-20)30-26(35)31-39(36,37)24-11-10-23(27)38-24/h4-11,16,28H,2-3,12-15H2,1H3,(H2,30,31,35). The third kappa shape index (κ3) is 6.25. The van der Waals surface area contributed by atoms with Gasteiger partial charge in [-0.1, -0.05) is 11.6 Å². The molecule has 0 bridgehead atoms. The Bertz CT molecular complexity index is 1680. The van der Waals surface area contributed by atoms with Gasteiger partial charge in [-0.15, -0.1) is 11.3 Å². The van der Waals surface area contributed by atoms with Crippen molar-refractivity contribution in [3.05, 3.63) is 75.1 Å². The highest BCUT2D eigenvalue weighted by Gasteiger charge is 2.20. The number of urea groups is 1. The Morgan fingerprint density at radius 3 is 2.46 bits per heavy atom.